The number of ether oxygens (including phenoxy) is 1. The molecule has 2 aromatic rings. The molecule has 8 nitrogen and oxygen atoms in total. The van der Waals surface area contributed by atoms with Crippen LogP contribution in [0.3, 0.4) is 0 Å². The second kappa shape index (κ2) is 11.0. The summed E-state index contributed by atoms with van der Waals surface area (Å²) in [5.41, 5.74) is 1.17. The molecule has 3 amide bonds. The summed E-state index contributed by atoms with van der Waals surface area (Å²) in [4.78, 5) is 40.9. The predicted molar refractivity (Wildman–Crippen MR) is 138 cm³/mol. The molecule has 2 N–H and O–H groups in total. The van der Waals surface area contributed by atoms with Crippen molar-refractivity contribution in [2.75, 3.05) is 20.1 Å². The number of carboxylic acids is 1. The number of benzene rings is 2. The number of urea groups is 1. The van der Waals surface area contributed by atoms with Crippen molar-refractivity contribution < 1.29 is 24.2 Å². The highest BCUT2D eigenvalue weighted by Gasteiger charge is 2.37. The average molecular weight is 514 g/mol. The molecule has 1 atom stereocenters. The quantitative estimate of drug-likeness (QED) is 0.511. The van der Waals surface area contributed by atoms with Crippen molar-refractivity contribution in [3.63, 3.8) is 0 Å². The first-order valence-electron chi connectivity index (χ1n) is 11.7. The monoisotopic (exact) mass is 513 g/mol. The minimum atomic E-state index is -1.12. The Morgan fingerprint density at radius 1 is 1.17 bits per heavy atom. The van der Waals surface area contributed by atoms with E-state index in [1.54, 1.807) is 67.4 Å². The molecule has 0 aromatic heterocycles. The number of carbonyl (C=O) groups excluding carboxylic acids is 2. The van der Waals surface area contributed by atoms with Crippen LogP contribution in [-0.4, -0.2) is 58.6 Å². The van der Waals surface area contributed by atoms with Gasteiger partial charge in [0.2, 0.25) is 0 Å². The van der Waals surface area contributed by atoms with Gasteiger partial charge in [0.25, 0.3) is 5.91 Å². The summed E-state index contributed by atoms with van der Waals surface area (Å²) in [7, 11) is 1.69. The third kappa shape index (κ3) is 6.57. The fourth-order valence-electron chi connectivity index (χ4n) is 4.13. The van der Waals surface area contributed by atoms with E-state index in [0.29, 0.717) is 40.6 Å². The average Bonchev–Trinajstić information content (AvgIpc) is 2.78. The Labute approximate surface area is 216 Å². The fraction of sp³-hybridized carbons (Fsp3) is 0.370. The number of aliphatic carboxylic acids is 1. The molecule has 3 rings (SSSR count). The second-order valence-corrected chi connectivity index (χ2v) is 10.2. The van der Waals surface area contributed by atoms with Crippen LogP contribution >= 0.6 is 11.6 Å². The van der Waals surface area contributed by atoms with E-state index < -0.39 is 18.0 Å². The normalized spacial score (nSPS) is 16.0. The van der Waals surface area contributed by atoms with Gasteiger partial charge in [-0.25, -0.2) is 9.59 Å². The Bertz CT molecular complexity index is 1170. The van der Waals surface area contributed by atoms with Crippen LogP contribution in [-0.2, 0) is 4.79 Å². The Balaban J connectivity index is 1.71. The van der Waals surface area contributed by atoms with E-state index in [2.05, 4.69) is 5.32 Å². The molecule has 0 bridgehead atoms. The van der Waals surface area contributed by atoms with Crippen LogP contribution < -0.4 is 10.1 Å². The predicted octanol–water partition coefficient (Wildman–Crippen LogP) is 5.10. The van der Waals surface area contributed by atoms with E-state index in [1.165, 1.54) is 4.90 Å². The van der Waals surface area contributed by atoms with Crippen LogP contribution in [0.1, 0.15) is 56.1 Å². The van der Waals surface area contributed by atoms with Crippen LogP contribution in [0.25, 0.3) is 0 Å². The fourth-order valence-corrected chi connectivity index (χ4v) is 4.33. The molecule has 0 fully saturated rings. The van der Waals surface area contributed by atoms with Crippen molar-refractivity contribution in [2.24, 2.45) is 0 Å². The standard InChI is InChI=1S/C27H32ClN3O5/c1-17-22(25(33)34)23(19-8-6-9-20(28)16-19)31(26(35)29-17)15-7-14-30(5)24(32)18-10-12-21(13-11-18)36-27(2,3)4/h6,8-13,16,23H,7,14-15H2,1-5H3,(H,29,35)(H,33,34). The summed E-state index contributed by atoms with van der Waals surface area (Å²) in [5, 5.41) is 13.0. The summed E-state index contributed by atoms with van der Waals surface area (Å²) in [6.45, 7) is 8.04. The Morgan fingerprint density at radius 3 is 2.42 bits per heavy atom. The number of amides is 3. The molecule has 1 heterocycles. The van der Waals surface area contributed by atoms with E-state index in [0.717, 1.165) is 0 Å². The zero-order valence-electron chi connectivity index (χ0n) is 21.2. The lowest BCUT2D eigenvalue weighted by molar-refractivity contribution is -0.133. The Morgan fingerprint density at radius 2 is 1.83 bits per heavy atom. The Kier molecular flexibility index (Phi) is 8.30. The zero-order valence-corrected chi connectivity index (χ0v) is 21.9. The first kappa shape index (κ1) is 27.1. The molecule has 0 saturated carbocycles. The summed E-state index contributed by atoms with van der Waals surface area (Å²) < 4.78 is 5.80. The minimum absolute atomic E-state index is 0.0823. The molecule has 9 heteroatoms. The van der Waals surface area contributed by atoms with Gasteiger partial charge in [-0.3, -0.25) is 4.79 Å². The number of carbonyl (C=O) groups is 3. The highest BCUT2D eigenvalue weighted by molar-refractivity contribution is 6.30. The maximum absolute atomic E-state index is 12.9. The lowest BCUT2D eigenvalue weighted by Gasteiger charge is -2.37. The van der Waals surface area contributed by atoms with Gasteiger partial charge in [-0.1, -0.05) is 23.7 Å². The third-order valence-electron chi connectivity index (χ3n) is 5.70. The van der Waals surface area contributed by atoms with Crippen molar-refractivity contribution in [1.29, 1.82) is 0 Å². The van der Waals surface area contributed by atoms with E-state index in [9.17, 15) is 19.5 Å². The number of rotatable bonds is 8. The number of halogens is 1. The van der Waals surface area contributed by atoms with Gasteiger partial charge < -0.3 is 25.0 Å². The number of carboxylic acid groups (broad SMARTS) is 1. The molecular weight excluding hydrogens is 482 g/mol. The van der Waals surface area contributed by atoms with Crippen LogP contribution in [0.15, 0.2) is 59.8 Å². The van der Waals surface area contributed by atoms with E-state index in [-0.39, 0.29) is 23.6 Å². The summed E-state index contributed by atoms with van der Waals surface area (Å²) >= 11 is 6.16. The summed E-state index contributed by atoms with van der Waals surface area (Å²) in [6.07, 6.45) is 0.448. The summed E-state index contributed by atoms with van der Waals surface area (Å²) in [5.74, 6) is -0.593. The maximum Gasteiger partial charge on any atom is 0.335 e. The Hall–Kier alpha value is -3.52. The van der Waals surface area contributed by atoms with Crippen molar-refractivity contribution in [1.82, 2.24) is 15.1 Å². The molecule has 0 radical (unpaired) electrons. The minimum Gasteiger partial charge on any atom is -0.488 e. The highest BCUT2D eigenvalue weighted by Crippen LogP contribution is 2.34. The molecule has 36 heavy (non-hydrogen) atoms. The van der Waals surface area contributed by atoms with Gasteiger partial charge in [-0.2, -0.15) is 0 Å². The van der Waals surface area contributed by atoms with Crippen molar-refractivity contribution >= 4 is 29.5 Å². The second-order valence-electron chi connectivity index (χ2n) is 9.74. The lowest BCUT2D eigenvalue weighted by Crippen LogP contribution is -2.49. The van der Waals surface area contributed by atoms with Crippen LogP contribution in [0, 0.1) is 0 Å². The lowest BCUT2D eigenvalue weighted by atomic mass is 9.93. The van der Waals surface area contributed by atoms with E-state index >= 15 is 0 Å². The number of hydrogen-bond donors (Lipinski definition) is 2. The molecule has 2 aromatic carbocycles. The first-order chi connectivity index (χ1) is 16.9. The molecule has 0 aliphatic carbocycles. The third-order valence-corrected chi connectivity index (χ3v) is 5.94. The molecule has 0 saturated heterocycles. The van der Waals surface area contributed by atoms with E-state index in [1.807, 2.05) is 20.8 Å². The van der Waals surface area contributed by atoms with Gasteiger partial charge in [0.05, 0.1) is 11.6 Å². The molecule has 1 unspecified atom stereocenters. The van der Waals surface area contributed by atoms with Gasteiger partial charge in [0, 0.05) is 36.4 Å². The summed E-state index contributed by atoms with van der Waals surface area (Å²) in [6, 6.07) is 12.6. The van der Waals surface area contributed by atoms with Crippen LogP contribution in [0.5, 0.6) is 5.75 Å². The number of nitrogens with zero attached hydrogens (tertiary/aromatic N) is 2. The SMILES string of the molecule is CC1=C(C(=O)O)C(c2cccc(Cl)c2)N(CCCN(C)C(=O)c2ccc(OC(C)(C)C)cc2)C(=O)N1. The van der Waals surface area contributed by atoms with Crippen molar-refractivity contribution in [3.05, 3.63) is 76.0 Å². The van der Waals surface area contributed by atoms with Crippen molar-refractivity contribution in [2.45, 2.75) is 45.8 Å². The van der Waals surface area contributed by atoms with E-state index in [4.69, 9.17) is 16.3 Å². The molecule has 1 aliphatic rings. The van der Waals surface area contributed by atoms with Crippen LogP contribution in [0.4, 0.5) is 4.79 Å². The maximum atomic E-state index is 12.9. The highest BCUT2D eigenvalue weighted by atomic mass is 35.5. The van der Waals surface area contributed by atoms with Gasteiger partial charge in [0.1, 0.15) is 11.4 Å². The largest absolute Gasteiger partial charge is 0.488 e. The number of allylic oxidation sites excluding steroid dienone is 1. The van der Waals surface area contributed by atoms with Gasteiger partial charge in [-0.05, 0) is 76.1 Å². The van der Waals surface area contributed by atoms with Gasteiger partial charge >= 0.3 is 12.0 Å². The molecular formula is C27H32ClN3O5. The van der Waals surface area contributed by atoms with Crippen LogP contribution in [0.2, 0.25) is 5.02 Å². The molecule has 192 valence electrons. The zero-order chi connectivity index (χ0) is 26.6. The van der Waals surface area contributed by atoms with Crippen molar-refractivity contribution in [3.8, 4) is 5.75 Å². The molecule has 1 aliphatic heterocycles. The topological polar surface area (TPSA) is 99.2 Å². The smallest absolute Gasteiger partial charge is 0.335 e. The molecule has 0 spiro atoms. The number of hydrogen-bond acceptors (Lipinski definition) is 4. The first-order valence-corrected chi connectivity index (χ1v) is 12.1. The number of nitrogens with one attached hydrogen (secondary N) is 1. The van der Waals surface area contributed by atoms with Gasteiger partial charge in [0.15, 0.2) is 0 Å². The van der Waals surface area contributed by atoms with Gasteiger partial charge in [-0.15, -0.1) is 0 Å².